The third-order valence-corrected chi connectivity index (χ3v) is 5.34. The molecule has 3 heterocycles. The second kappa shape index (κ2) is 8.93. The number of aromatic nitrogens is 3. The minimum Gasteiger partial charge on any atom is -0.338 e. The Morgan fingerprint density at radius 3 is 2.39 bits per heavy atom. The topological polar surface area (TPSA) is 86.1 Å². The molecule has 1 N–H and O–H groups in total. The summed E-state index contributed by atoms with van der Waals surface area (Å²) in [4.78, 5) is 17.9. The quantitative estimate of drug-likeness (QED) is 0.703. The summed E-state index contributed by atoms with van der Waals surface area (Å²) in [6.45, 7) is 6.26. The Morgan fingerprint density at radius 1 is 1.11 bits per heavy atom. The maximum atomic E-state index is 9.85. The van der Waals surface area contributed by atoms with Crippen LogP contribution in [-0.2, 0) is 9.73 Å². The van der Waals surface area contributed by atoms with Crippen LogP contribution < -0.4 is 4.90 Å². The summed E-state index contributed by atoms with van der Waals surface area (Å²) >= 11 is 1.70. The van der Waals surface area contributed by atoms with Gasteiger partial charge in [0.2, 0.25) is 5.95 Å². The third kappa shape index (κ3) is 5.70. The number of anilines is 1. The Labute approximate surface area is 170 Å². The van der Waals surface area contributed by atoms with Gasteiger partial charge in [-0.3, -0.25) is 13.9 Å². The fourth-order valence-corrected chi connectivity index (χ4v) is 3.77. The maximum Gasteiger partial charge on any atom is 0.225 e. The number of thiazole rings is 1. The summed E-state index contributed by atoms with van der Waals surface area (Å²) in [5, 5.41) is 0. The van der Waals surface area contributed by atoms with Gasteiger partial charge in [-0.25, -0.2) is 15.0 Å². The van der Waals surface area contributed by atoms with Crippen LogP contribution in [0.4, 0.5) is 5.95 Å². The lowest BCUT2D eigenvalue weighted by atomic mass is 10.1. The molecular weight excluding hydrogens is 392 g/mol. The molecule has 3 aromatic rings. The van der Waals surface area contributed by atoms with Crippen LogP contribution in [0.15, 0.2) is 42.2 Å². The van der Waals surface area contributed by atoms with E-state index in [1.165, 1.54) is 22.8 Å². The predicted molar refractivity (Wildman–Crippen MR) is 117 cm³/mol. The highest BCUT2D eigenvalue weighted by molar-refractivity contribution is 7.90. The number of hydrogen-bond donors (Lipinski definition) is 1. The number of piperazine rings is 1. The molecule has 1 aliphatic heterocycles. The molecule has 9 heteroatoms. The molecule has 0 spiro atoms. The minimum absolute atomic E-state index is 0.403. The average Bonchev–Trinajstić information content (AvgIpc) is 3.15. The summed E-state index contributed by atoms with van der Waals surface area (Å²) in [7, 11) is -2.17. The van der Waals surface area contributed by atoms with Crippen LogP contribution in [-0.4, -0.2) is 62.8 Å². The van der Waals surface area contributed by atoms with Crippen LogP contribution in [0.3, 0.4) is 0 Å². The molecular formula is C19H26N6OS2. The van der Waals surface area contributed by atoms with E-state index in [4.69, 9.17) is 4.78 Å². The Hall–Kier alpha value is -2.10. The lowest BCUT2D eigenvalue weighted by Crippen LogP contribution is -2.47. The highest BCUT2D eigenvalue weighted by atomic mass is 32.2. The molecule has 0 bridgehead atoms. The molecule has 1 fully saturated rings. The van der Waals surface area contributed by atoms with E-state index in [1.54, 1.807) is 23.7 Å². The van der Waals surface area contributed by atoms with Crippen molar-refractivity contribution in [2.24, 2.45) is 0 Å². The van der Waals surface area contributed by atoms with Crippen LogP contribution in [0, 0.1) is 4.78 Å². The summed E-state index contributed by atoms with van der Waals surface area (Å²) in [6, 6.07) is 8.91. The molecule has 1 aliphatic rings. The van der Waals surface area contributed by atoms with Crippen molar-refractivity contribution in [2.45, 2.75) is 13.0 Å². The zero-order valence-electron chi connectivity index (χ0n) is 16.4. The summed E-state index contributed by atoms with van der Waals surface area (Å²) < 4.78 is 17.6. The molecule has 0 saturated carbocycles. The van der Waals surface area contributed by atoms with Gasteiger partial charge in [0, 0.05) is 66.9 Å². The lowest BCUT2D eigenvalue weighted by Gasteiger charge is -2.38. The molecule has 150 valence electrons. The number of nitrogens with zero attached hydrogens (tertiary/aromatic N) is 5. The number of benzene rings is 1. The Bertz CT molecular complexity index is 989. The molecule has 1 saturated heterocycles. The van der Waals surface area contributed by atoms with Crippen molar-refractivity contribution >= 4 is 37.2 Å². The van der Waals surface area contributed by atoms with Crippen molar-refractivity contribution in [2.75, 3.05) is 43.6 Å². The molecule has 0 radical (unpaired) electrons. The van der Waals surface area contributed by atoms with Crippen molar-refractivity contribution in [3.63, 3.8) is 0 Å². The van der Waals surface area contributed by atoms with Gasteiger partial charge >= 0.3 is 0 Å². The molecule has 28 heavy (non-hydrogen) atoms. The highest BCUT2D eigenvalue weighted by Gasteiger charge is 2.23. The van der Waals surface area contributed by atoms with E-state index < -0.39 is 9.73 Å². The molecule has 0 aliphatic carbocycles. The van der Waals surface area contributed by atoms with E-state index in [2.05, 4.69) is 49.9 Å². The average molecular weight is 419 g/mol. The first-order valence-corrected chi connectivity index (χ1v) is 12.3. The molecule has 7 nitrogen and oxygen atoms in total. The van der Waals surface area contributed by atoms with E-state index in [0.29, 0.717) is 6.04 Å². The van der Waals surface area contributed by atoms with Crippen LogP contribution in [0.2, 0.25) is 0 Å². The Balaban J connectivity index is 0.000000403. The van der Waals surface area contributed by atoms with Gasteiger partial charge in [0.1, 0.15) is 0 Å². The maximum absolute atomic E-state index is 9.85. The van der Waals surface area contributed by atoms with Crippen LogP contribution in [0.25, 0.3) is 10.2 Å². The molecule has 2 aromatic heterocycles. The number of nitrogens with one attached hydrogen (secondary N) is 1. The van der Waals surface area contributed by atoms with Gasteiger partial charge in [-0.2, -0.15) is 0 Å². The first-order valence-electron chi connectivity index (χ1n) is 9.09. The number of rotatable bonds is 3. The number of fused-ring (bicyclic) bond motifs is 1. The standard InChI is InChI=1S/C17H19N5S.C2H7NOS/c1-13(14-3-4-16-15(11-14)20-12-23-16)21-7-9-22(10-8-21)17-18-5-2-6-19-17;1-5(2,3)4/h2-6,11-13H,7-10H2,1H3;3H,1-2H3. The van der Waals surface area contributed by atoms with Gasteiger partial charge in [0.25, 0.3) is 0 Å². The zero-order valence-corrected chi connectivity index (χ0v) is 18.0. The molecule has 0 amide bonds. The van der Waals surface area contributed by atoms with Gasteiger partial charge in [0.15, 0.2) is 0 Å². The first-order chi connectivity index (χ1) is 13.3. The van der Waals surface area contributed by atoms with Gasteiger partial charge in [0.05, 0.1) is 15.7 Å². The Morgan fingerprint density at radius 2 is 1.75 bits per heavy atom. The van der Waals surface area contributed by atoms with Crippen molar-refractivity contribution in [1.29, 1.82) is 4.78 Å². The summed E-state index contributed by atoms with van der Waals surface area (Å²) in [5.74, 6) is 0.837. The minimum atomic E-state index is -2.17. The first kappa shape index (κ1) is 20.6. The zero-order chi connectivity index (χ0) is 20.1. The third-order valence-electron chi connectivity index (χ3n) is 4.53. The SMILES string of the molecule is CC(c1ccc2scnc2c1)N1CCN(c2ncccn2)CC1.CS(C)(=N)=O. The van der Waals surface area contributed by atoms with Crippen LogP contribution in [0.5, 0.6) is 0 Å². The van der Waals surface area contributed by atoms with Crippen molar-refractivity contribution in [1.82, 2.24) is 19.9 Å². The van der Waals surface area contributed by atoms with Gasteiger partial charge in [-0.15, -0.1) is 11.3 Å². The number of hydrogen-bond acceptors (Lipinski definition) is 8. The molecule has 1 atom stereocenters. The van der Waals surface area contributed by atoms with Crippen molar-refractivity contribution in [3.05, 3.63) is 47.7 Å². The molecule has 4 rings (SSSR count). The molecule has 1 aromatic carbocycles. The van der Waals surface area contributed by atoms with Crippen molar-refractivity contribution in [3.8, 4) is 0 Å². The van der Waals surface area contributed by atoms with Crippen LogP contribution in [0.1, 0.15) is 18.5 Å². The van der Waals surface area contributed by atoms with E-state index in [1.807, 2.05) is 11.6 Å². The second-order valence-corrected chi connectivity index (χ2v) is 10.4. The summed E-state index contributed by atoms with van der Waals surface area (Å²) in [5.41, 5.74) is 4.36. The fourth-order valence-electron chi connectivity index (χ4n) is 3.11. The van der Waals surface area contributed by atoms with Crippen LogP contribution >= 0.6 is 11.3 Å². The normalized spacial score (nSPS) is 16.5. The van der Waals surface area contributed by atoms with E-state index in [0.717, 1.165) is 37.6 Å². The van der Waals surface area contributed by atoms with Gasteiger partial charge in [-0.1, -0.05) is 6.07 Å². The second-order valence-electron chi connectivity index (χ2n) is 7.06. The van der Waals surface area contributed by atoms with Gasteiger partial charge in [-0.05, 0) is 30.7 Å². The smallest absolute Gasteiger partial charge is 0.225 e. The monoisotopic (exact) mass is 418 g/mol. The lowest BCUT2D eigenvalue weighted by molar-refractivity contribution is 0.198. The van der Waals surface area contributed by atoms with E-state index >= 15 is 0 Å². The Kier molecular flexibility index (Phi) is 6.58. The fraction of sp³-hybridized carbons (Fsp3) is 0.421. The largest absolute Gasteiger partial charge is 0.338 e. The highest BCUT2D eigenvalue weighted by Crippen LogP contribution is 2.26. The predicted octanol–water partition coefficient (Wildman–Crippen LogP) is 3.26. The summed E-state index contributed by atoms with van der Waals surface area (Å²) in [6.07, 6.45) is 6.38. The van der Waals surface area contributed by atoms with Crippen molar-refractivity contribution < 1.29 is 4.21 Å². The van der Waals surface area contributed by atoms with Gasteiger partial charge < -0.3 is 4.90 Å². The molecule has 1 unspecified atom stereocenters. The van der Waals surface area contributed by atoms with E-state index in [9.17, 15) is 4.21 Å². The van der Waals surface area contributed by atoms with E-state index in [-0.39, 0.29) is 0 Å².